The maximum absolute atomic E-state index is 12.0. The average Bonchev–Trinajstić information content (AvgIpc) is 3.14. The second kappa shape index (κ2) is 9.25. The first-order valence-corrected chi connectivity index (χ1v) is 9.52. The van der Waals surface area contributed by atoms with E-state index in [1.165, 1.54) is 11.8 Å². The van der Waals surface area contributed by atoms with Crippen molar-refractivity contribution < 1.29 is 9.59 Å². The number of hydrogen-bond donors (Lipinski definition) is 2. The van der Waals surface area contributed by atoms with Crippen LogP contribution in [0.25, 0.3) is 5.69 Å². The van der Waals surface area contributed by atoms with Gasteiger partial charge in [0, 0.05) is 29.6 Å². The summed E-state index contributed by atoms with van der Waals surface area (Å²) in [6.07, 6.45) is 3.44. The normalized spacial score (nSPS) is 10.4. The number of nitrogens with zero attached hydrogens (tertiary/aromatic N) is 2. The van der Waals surface area contributed by atoms with Gasteiger partial charge in [0.25, 0.3) is 0 Å². The van der Waals surface area contributed by atoms with E-state index in [1.807, 2.05) is 53.1 Å². The van der Waals surface area contributed by atoms with Crippen LogP contribution in [-0.4, -0.2) is 27.2 Å². The molecule has 0 aliphatic heterocycles. The number of hydrogen-bond acceptors (Lipinski definition) is 4. The molecule has 0 aliphatic rings. The van der Waals surface area contributed by atoms with Gasteiger partial charge in [0.15, 0.2) is 5.16 Å². The highest BCUT2D eigenvalue weighted by Gasteiger charge is 2.11. The molecule has 3 amide bonds. The molecule has 8 heteroatoms. The second-order valence-electron chi connectivity index (χ2n) is 5.56. The zero-order chi connectivity index (χ0) is 19.1. The highest BCUT2D eigenvalue weighted by Crippen LogP contribution is 2.22. The van der Waals surface area contributed by atoms with E-state index in [0.29, 0.717) is 16.7 Å². The van der Waals surface area contributed by atoms with E-state index in [0.717, 1.165) is 11.3 Å². The van der Waals surface area contributed by atoms with Crippen LogP contribution in [0.3, 0.4) is 0 Å². The monoisotopic (exact) mass is 400 g/mol. The molecule has 0 saturated carbocycles. The van der Waals surface area contributed by atoms with Gasteiger partial charge in [-0.25, -0.2) is 9.78 Å². The quantitative estimate of drug-likeness (QED) is 0.619. The Labute approximate surface area is 165 Å². The van der Waals surface area contributed by atoms with Gasteiger partial charge >= 0.3 is 6.03 Å². The first-order valence-electron chi connectivity index (χ1n) is 8.15. The molecule has 1 heterocycles. The third kappa shape index (κ3) is 5.60. The molecular weight excluding hydrogens is 384 g/mol. The number of imide groups is 1. The molecule has 6 nitrogen and oxygen atoms in total. The molecule has 0 saturated heterocycles. The van der Waals surface area contributed by atoms with Crippen molar-refractivity contribution in [2.45, 2.75) is 11.7 Å². The van der Waals surface area contributed by atoms with Crippen molar-refractivity contribution in [3.8, 4) is 5.69 Å². The number of thioether (sulfide) groups is 1. The molecular formula is C19H17ClN4O2S. The fourth-order valence-electron chi connectivity index (χ4n) is 2.33. The van der Waals surface area contributed by atoms with E-state index in [2.05, 4.69) is 15.6 Å². The highest BCUT2D eigenvalue weighted by atomic mass is 35.5. The third-order valence-corrected chi connectivity index (χ3v) is 4.78. The number of amides is 3. The van der Waals surface area contributed by atoms with E-state index in [9.17, 15) is 9.59 Å². The molecule has 2 N–H and O–H groups in total. The Bertz CT molecular complexity index is 930. The molecule has 0 aliphatic carbocycles. The van der Waals surface area contributed by atoms with Gasteiger partial charge in [-0.2, -0.15) is 0 Å². The van der Waals surface area contributed by atoms with Gasteiger partial charge in [0.2, 0.25) is 5.91 Å². The number of carbonyl (C=O) groups excluding carboxylic acids is 2. The summed E-state index contributed by atoms with van der Waals surface area (Å²) >= 11 is 7.26. The summed E-state index contributed by atoms with van der Waals surface area (Å²) < 4.78 is 1.83. The molecule has 0 atom stereocenters. The maximum atomic E-state index is 12.0. The van der Waals surface area contributed by atoms with Gasteiger partial charge in [0.05, 0.1) is 5.75 Å². The minimum Gasteiger partial charge on any atom is -0.334 e. The van der Waals surface area contributed by atoms with Gasteiger partial charge in [0.1, 0.15) is 0 Å². The van der Waals surface area contributed by atoms with Crippen LogP contribution in [-0.2, 0) is 11.3 Å². The average molecular weight is 401 g/mol. The Kier molecular flexibility index (Phi) is 6.51. The van der Waals surface area contributed by atoms with Crippen LogP contribution >= 0.6 is 23.4 Å². The van der Waals surface area contributed by atoms with E-state index >= 15 is 0 Å². The van der Waals surface area contributed by atoms with Crippen LogP contribution in [0.2, 0.25) is 5.02 Å². The van der Waals surface area contributed by atoms with Crippen molar-refractivity contribution >= 4 is 35.3 Å². The number of nitrogens with one attached hydrogen (secondary N) is 2. The summed E-state index contributed by atoms with van der Waals surface area (Å²) in [6, 6.07) is 16.3. The Morgan fingerprint density at radius 3 is 2.70 bits per heavy atom. The van der Waals surface area contributed by atoms with Crippen LogP contribution in [0.5, 0.6) is 0 Å². The van der Waals surface area contributed by atoms with Gasteiger partial charge in [-0.1, -0.05) is 59.8 Å². The lowest BCUT2D eigenvalue weighted by Gasteiger charge is -2.09. The lowest BCUT2D eigenvalue weighted by Crippen LogP contribution is -2.39. The molecule has 0 spiro atoms. The van der Waals surface area contributed by atoms with Crippen molar-refractivity contribution in [2.24, 2.45) is 0 Å². The molecule has 0 unspecified atom stereocenters. The van der Waals surface area contributed by atoms with E-state index < -0.39 is 11.9 Å². The predicted molar refractivity (Wildman–Crippen MR) is 106 cm³/mol. The molecule has 0 fully saturated rings. The molecule has 3 aromatic rings. The van der Waals surface area contributed by atoms with Gasteiger partial charge in [-0.05, 0) is 23.8 Å². The molecule has 0 bridgehead atoms. The highest BCUT2D eigenvalue weighted by molar-refractivity contribution is 7.99. The maximum Gasteiger partial charge on any atom is 0.321 e. The van der Waals surface area contributed by atoms with Crippen molar-refractivity contribution in [1.29, 1.82) is 0 Å². The van der Waals surface area contributed by atoms with Gasteiger partial charge in [-0.3, -0.25) is 14.7 Å². The number of urea groups is 1. The van der Waals surface area contributed by atoms with Crippen molar-refractivity contribution in [3.63, 3.8) is 0 Å². The topological polar surface area (TPSA) is 76.0 Å². The number of carbonyl (C=O) groups is 2. The van der Waals surface area contributed by atoms with Crippen molar-refractivity contribution in [1.82, 2.24) is 20.2 Å². The van der Waals surface area contributed by atoms with E-state index in [1.54, 1.807) is 18.5 Å². The van der Waals surface area contributed by atoms with E-state index in [-0.39, 0.29) is 5.75 Å². The Balaban J connectivity index is 1.50. The number of rotatable bonds is 6. The summed E-state index contributed by atoms with van der Waals surface area (Å²) in [5.41, 5.74) is 1.81. The van der Waals surface area contributed by atoms with Crippen LogP contribution in [0.15, 0.2) is 72.1 Å². The molecule has 138 valence electrons. The van der Waals surface area contributed by atoms with E-state index in [4.69, 9.17) is 11.6 Å². The second-order valence-corrected chi connectivity index (χ2v) is 6.94. The first kappa shape index (κ1) is 19.0. The standard InChI is InChI=1S/C19H17ClN4O2S/c20-15-7-4-8-16(11-15)24-10-9-21-19(24)27-13-17(25)23-18(26)22-12-14-5-2-1-3-6-14/h1-11H,12-13H2,(H2,22,23,25,26). The molecule has 27 heavy (non-hydrogen) atoms. The number of halogens is 1. The van der Waals surface area contributed by atoms with Crippen LogP contribution in [0.1, 0.15) is 5.56 Å². The fraction of sp³-hybridized carbons (Fsp3) is 0.105. The Hall–Kier alpha value is -2.77. The number of aromatic nitrogens is 2. The zero-order valence-electron chi connectivity index (χ0n) is 14.3. The third-order valence-electron chi connectivity index (χ3n) is 3.57. The minimum atomic E-state index is -0.525. The summed E-state index contributed by atoms with van der Waals surface area (Å²) in [5.74, 6) is -0.331. The van der Waals surface area contributed by atoms with Gasteiger partial charge < -0.3 is 5.32 Å². The lowest BCUT2D eigenvalue weighted by molar-refractivity contribution is -0.117. The summed E-state index contributed by atoms with van der Waals surface area (Å²) in [4.78, 5) is 28.1. The van der Waals surface area contributed by atoms with Crippen LogP contribution < -0.4 is 10.6 Å². The molecule has 2 aromatic carbocycles. The Morgan fingerprint density at radius 1 is 1.11 bits per heavy atom. The summed E-state index contributed by atoms with van der Waals surface area (Å²) in [6.45, 7) is 0.353. The number of benzene rings is 2. The van der Waals surface area contributed by atoms with Crippen LogP contribution in [0.4, 0.5) is 4.79 Å². The molecule has 3 rings (SSSR count). The minimum absolute atomic E-state index is 0.0658. The fourth-order valence-corrected chi connectivity index (χ4v) is 3.29. The summed E-state index contributed by atoms with van der Waals surface area (Å²) in [5, 5.41) is 6.22. The van der Waals surface area contributed by atoms with Crippen molar-refractivity contribution in [3.05, 3.63) is 77.6 Å². The lowest BCUT2D eigenvalue weighted by atomic mass is 10.2. The number of imidazole rings is 1. The SMILES string of the molecule is O=C(CSc1nccn1-c1cccc(Cl)c1)NC(=O)NCc1ccccc1. The smallest absolute Gasteiger partial charge is 0.321 e. The first-order chi connectivity index (χ1) is 13.1. The molecule has 1 aromatic heterocycles. The largest absolute Gasteiger partial charge is 0.334 e. The van der Waals surface area contributed by atoms with Crippen molar-refractivity contribution in [2.75, 3.05) is 5.75 Å². The predicted octanol–water partition coefficient (Wildman–Crippen LogP) is 3.64. The van der Waals surface area contributed by atoms with Crippen LogP contribution in [0, 0.1) is 0 Å². The molecule has 0 radical (unpaired) electrons. The Morgan fingerprint density at radius 2 is 1.93 bits per heavy atom. The van der Waals surface area contributed by atoms with Gasteiger partial charge in [-0.15, -0.1) is 0 Å². The zero-order valence-corrected chi connectivity index (χ0v) is 15.8. The summed E-state index contributed by atoms with van der Waals surface area (Å²) in [7, 11) is 0.